The molecule has 1 aromatic rings. The van der Waals surface area contributed by atoms with Gasteiger partial charge in [0.25, 0.3) is 0 Å². The Hall–Kier alpha value is -2.59. The number of carbonyl (C=O) groups excluding carboxylic acids is 3. The highest BCUT2D eigenvalue weighted by atomic mass is 32.2. The van der Waals surface area contributed by atoms with Crippen molar-refractivity contribution in [1.29, 1.82) is 5.26 Å². The quantitative estimate of drug-likeness (QED) is 0.822. The van der Waals surface area contributed by atoms with Gasteiger partial charge in [0.1, 0.15) is 12.1 Å². The lowest BCUT2D eigenvalue weighted by atomic mass is 9.91. The molecule has 2 amide bonds. The molecule has 1 N–H and O–H groups in total. The maximum absolute atomic E-state index is 12.6. The van der Waals surface area contributed by atoms with E-state index in [1.165, 1.54) is 22.7 Å². The van der Waals surface area contributed by atoms with E-state index in [9.17, 15) is 14.4 Å². The number of carbonyl (C=O) groups is 3. The molecule has 1 aliphatic heterocycles. The van der Waals surface area contributed by atoms with Crippen LogP contribution in [-0.4, -0.2) is 34.3 Å². The zero-order valence-electron chi connectivity index (χ0n) is 15.2. The first-order valence-electron chi connectivity index (χ1n) is 8.16. The second kappa shape index (κ2) is 7.75. The molecule has 26 heavy (non-hydrogen) atoms. The molecule has 0 unspecified atom stereocenters. The Kier molecular flexibility index (Phi) is 5.88. The third-order valence-electron chi connectivity index (χ3n) is 3.92. The van der Waals surface area contributed by atoms with Crippen molar-refractivity contribution in [1.82, 2.24) is 4.90 Å². The van der Waals surface area contributed by atoms with E-state index in [1.54, 1.807) is 52.0 Å². The predicted molar refractivity (Wildman–Crippen MR) is 101 cm³/mol. The molecule has 1 fully saturated rings. The van der Waals surface area contributed by atoms with Crippen LogP contribution in [-0.2, 0) is 14.4 Å². The highest BCUT2D eigenvalue weighted by molar-refractivity contribution is 8.04. The third-order valence-corrected chi connectivity index (χ3v) is 4.92. The zero-order valence-corrected chi connectivity index (χ0v) is 16.0. The minimum atomic E-state index is -0.803. The molecule has 0 aliphatic carbocycles. The number of thioether (sulfide) groups is 1. The number of rotatable bonds is 4. The van der Waals surface area contributed by atoms with Crippen LogP contribution in [0.1, 0.15) is 33.3 Å². The van der Waals surface area contributed by atoms with E-state index in [0.29, 0.717) is 16.3 Å². The Morgan fingerprint density at radius 3 is 2.62 bits per heavy atom. The number of allylic oxidation sites excluding steroid dienone is 1. The summed E-state index contributed by atoms with van der Waals surface area (Å²) in [6.07, 6.45) is 1.43. The van der Waals surface area contributed by atoms with Gasteiger partial charge in [0.2, 0.25) is 11.8 Å². The second-order valence-corrected chi connectivity index (χ2v) is 7.97. The Balaban J connectivity index is 2.23. The molecule has 1 heterocycles. The lowest BCUT2D eigenvalue weighted by Crippen LogP contribution is -2.42. The highest BCUT2D eigenvalue weighted by Gasteiger charge is 2.35. The van der Waals surface area contributed by atoms with Crippen LogP contribution in [0.5, 0.6) is 0 Å². The molecule has 1 atom stereocenters. The minimum Gasteiger partial charge on any atom is -0.323 e. The average Bonchev–Trinajstić information content (AvgIpc) is 2.94. The van der Waals surface area contributed by atoms with Gasteiger partial charge in [-0.05, 0) is 19.1 Å². The van der Waals surface area contributed by atoms with Crippen LogP contribution in [0.2, 0.25) is 0 Å². The van der Waals surface area contributed by atoms with Gasteiger partial charge in [-0.3, -0.25) is 19.3 Å². The number of benzene rings is 1. The zero-order chi connectivity index (χ0) is 19.5. The molecule has 1 aromatic carbocycles. The monoisotopic (exact) mass is 371 g/mol. The van der Waals surface area contributed by atoms with Gasteiger partial charge in [-0.15, -0.1) is 0 Å². The van der Waals surface area contributed by atoms with Crippen LogP contribution in [0.4, 0.5) is 5.69 Å². The number of nitrogens with zero attached hydrogens (tertiary/aromatic N) is 2. The minimum absolute atomic E-state index is 0.109. The van der Waals surface area contributed by atoms with Crippen LogP contribution in [0.15, 0.2) is 35.4 Å². The Labute approximate surface area is 157 Å². The summed E-state index contributed by atoms with van der Waals surface area (Å²) in [5, 5.41) is 12.3. The van der Waals surface area contributed by atoms with Crippen LogP contribution in [0, 0.1) is 16.7 Å². The van der Waals surface area contributed by atoms with Gasteiger partial charge >= 0.3 is 0 Å². The normalized spacial score (nSPS) is 17.1. The van der Waals surface area contributed by atoms with Gasteiger partial charge in [0, 0.05) is 11.5 Å². The smallest absolute Gasteiger partial charge is 0.247 e. The molecule has 0 saturated carbocycles. The number of hydrogen-bond acceptors (Lipinski definition) is 5. The van der Waals surface area contributed by atoms with E-state index < -0.39 is 17.4 Å². The SMILES string of the molecule is C[C@H](C(=O)Nc1ccccc1C#N)N1C(=O)CS/C1=C\C(=O)C(C)(C)C. The van der Waals surface area contributed by atoms with Gasteiger partial charge in [-0.25, -0.2) is 0 Å². The van der Waals surface area contributed by atoms with Crippen LogP contribution in [0.3, 0.4) is 0 Å². The van der Waals surface area contributed by atoms with E-state index in [1.807, 2.05) is 6.07 Å². The number of nitrogens with one attached hydrogen (secondary N) is 1. The molecule has 136 valence electrons. The summed E-state index contributed by atoms with van der Waals surface area (Å²) in [6.45, 7) is 7.00. The van der Waals surface area contributed by atoms with Gasteiger partial charge in [-0.1, -0.05) is 44.7 Å². The van der Waals surface area contributed by atoms with E-state index in [-0.39, 0.29) is 17.4 Å². The number of hydrogen-bond donors (Lipinski definition) is 1. The molecule has 2 rings (SSSR count). The van der Waals surface area contributed by atoms with Crippen LogP contribution >= 0.6 is 11.8 Å². The van der Waals surface area contributed by atoms with Crippen molar-refractivity contribution >= 4 is 35.0 Å². The topological polar surface area (TPSA) is 90.3 Å². The molecule has 6 nitrogen and oxygen atoms in total. The summed E-state index contributed by atoms with van der Waals surface area (Å²) in [5.74, 6) is -0.561. The number of para-hydroxylation sites is 1. The molecule has 1 saturated heterocycles. The summed E-state index contributed by atoms with van der Waals surface area (Å²) in [7, 11) is 0. The first-order valence-corrected chi connectivity index (χ1v) is 9.14. The van der Waals surface area contributed by atoms with E-state index in [4.69, 9.17) is 5.26 Å². The van der Waals surface area contributed by atoms with Crippen molar-refractivity contribution in [2.45, 2.75) is 33.7 Å². The largest absolute Gasteiger partial charge is 0.323 e. The molecule has 0 radical (unpaired) electrons. The number of ketones is 1. The third kappa shape index (κ3) is 4.33. The molecular formula is C19H21N3O3S. The van der Waals surface area contributed by atoms with Crippen molar-refractivity contribution in [2.24, 2.45) is 5.41 Å². The first-order chi connectivity index (χ1) is 12.1. The van der Waals surface area contributed by atoms with E-state index >= 15 is 0 Å². The Morgan fingerprint density at radius 1 is 1.35 bits per heavy atom. The van der Waals surface area contributed by atoms with Crippen LogP contribution in [0.25, 0.3) is 0 Å². The first kappa shape index (κ1) is 19.7. The molecule has 0 aromatic heterocycles. The standard InChI is InChI=1S/C19H21N3O3S/c1-12(18(25)21-14-8-6-5-7-13(14)10-20)22-16(24)11-26-17(22)9-15(23)19(2,3)4/h5-9,12H,11H2,1-4H3,(H,21,25)/b17-9-/t12-/m1/s1. The highest BCUT2D eigenvalue weighted by Crippen LogP contribution is 2.32. The van der Waals surface area contributed by atoms with Gasteiger partial charge in [0.15, 0.2) is 5.78 Å². The van der Waals surface area contributed by atoms with Crippen molar-refractivity contribution in [3.8, 4) is 6.07 Å². The Morgan fingerprint density at radius 2 is 2.00 bits per heavy atom. The molecule has 0 spiro atoms. The van der Waals surface area contributed by atoms with Gasteiger partial charge < -0.3 is 5.32 Å². The summed E-state index contributed by atoms with van der Waals surface area (Å²) in [6, 6.07) is 7.86. The van der Waals surface area contributed by atoms with Crippen molar-refractivity contribution in [2.75, 3.05) is 11.1 Å². The summed E-state index contributed by atoms with van der Waals surface area (Å²) in [5.41, 5.74) is 0.165. The Bertz CT molecular complexity index is 818. The molecule has 7 heteroatoms. The van der Waals surface area contributed by atoms with Crippen molar-refractivity contribution < 1.29 is 14.4 Å². The maximum Gasteiger partial charge on any atom is 0.247 e. The summed E-state index contributed by atoms with van der Waals surface area (Å²) in [4.78, 5) is 38.5. The van der Waals surface area contributed by atoms with Crippen LogP contribution < -0.4 is 5.32 Å². The molecular weight excluding hydrogens is 350 g/mol. The van der Waals surface area contributed by atoms with Gasteiger partial charge in [-0.2, -0.15) is 5.26 Å². The van der Waals surface area contributed by atoms with Crippen molar-refractivity contribution in [3.63, 3.8) is 0 Å². The molecule has 1 aliphatic rings. The molecule has 0 bridgehead atoms. The van der Waals surface area contributed by atoms with Gasteiger partial charge in [0.05, 0.1) is 22.0 Å². The second-order valence-electron chi connectivity index (χ2n) is 6.97. The maximum atomic E-state index is 12.6. The average molecular weight is 371 g/mol. The fourth-order valence-electron chi connectivity index (χ4n) is 2.29. The number of amides is 2. The fraction of sp³-hybridized carbons (Fsp3) is 0.368. The fourth-order valence-corrected chi connectivity index (χ4v) is 3.29. The summed E-state index contributed by atoms with van der Waals surface area (Å²) < 4.78 is 0. The van der Waals surface area contributed by atoms with Crippen molar-refractivity contribution in [3.05, 3.63) is 40.9 Å². The van der Waals surface area contributed by atoms with E-state index in [0.717, 1.165) is 0 Å². The number of anilines is 1. The van der Waals surface area contributed by atoms with E-state index in [2.05, 4.69) is 5.32 Å². The number of nitriles is 1. The lowest BCUT2D eigenvalue weighted by molar-refractivity contribution is -0.132. The lowest BCUT2D eigenvalue weighted by Gasteiger charge is -2.25. The predicted octanol–water partition coefficient (Wildman–Crippen LogP) is 2.92. The summed E-state index contributed by atoms with van der Waals surface area (Å²) >= 11 is 1.25.